The third kappa shape index (κ3) is 27.3. The molecule has 9 aromatic rings. The summed E-state index contributed by atoms with van der Waals surface area (Å²) in [6, 6.07) is 60.8. The Morgan fingerprint density at radius 3 is 0.595 bits per heavy atom. The normalized spacial score (nSPS) is 11.7. The van der Waals surface area contributed by atoms with E-state index in [2.05, 4.69) is 230 Å². The Balaban J connectivity index is 1.22. The van der Waals surface area contributed by atoms with Crippen LogP contribution in [-0.4, -0.2) is 59.8 Å². The summed E-state index contributed by atoms with van der Waals surface area (Å²) < 4.78 is 54.0. The predicted octanol–water partition coefficient (Wildman–Crippen LogP) is 28.7. The summed E-state index contributed by atoms with van der Waals surface area (Å²) in [5.41, 5.74) is 15.7. The molecule has 1 aliphatic heterocycles. The fraction of sp³-hybridized carbons (Fsp3) is 0.480. The molecule has 1 heterocycles. The summed E-state index contributed by atoms with van der Waals surface area (Å²) in [5.74, 6) is 6.49. The maximum Gasteiger partial charge on any atom is 0.406 e. The highest BCUT2D eigenvalue weighted by Gasteiger charge is 2.28. The third-order valence-electron chi connectivity index (χ3n) is 21.3. The van der Waals surface area contributed by atoms with Gasteiger partial charge in [-0.2, -0.15) is 0 Å². The molecule has 11 heteroatoms. The summed E-state index contributed by atoms with van der Waals surface area (Å²) >= 11 is 0. The number of hydrogen-bond donors (Lipinski definition) is 2. The topological polar surface area (TPSA) is 97.9 Å². The van der Waals surface area contributed by atoms with E-state index in [4.69, 9.17) is 37.9 Å². The minimum absolute atomic E-state index is 0.313. The third-order valence-corrected chi connectivity index (χ3v) is 21.3. The summed E-state index contributed by atoms with van der Waals surface area (Å²) in [6.07, 6.45) is 35.7. The Labute approximate surface area is 669 Å². The van der Waals surface area contributed by atoms with E-state index in [9.17, 15) is 0 Å². The lowest BCUT2D eigenvalue weighted by Crippen LogP contribution is -2.48. The van der Waals surface area contributed by atoms with Gasteiger partial charge in [-0.05, 0) is 232 Å². The van der Waals surface area contributed by atoms with Gasteiger partial charge in [-0.1, -0.05) is 246 Å². The van der Waals surface area contributed by atoms with Gasteiger partial charge in [0.05, 0.1) is 52.9 Å². The van der Waals surface area contributed by atoms with Crippen molar-refractivity contribution in [3.8, 4) is 113 Å². The maximum atomic E-state index is 6.75. The Hall–Kier alpha value is -8.70. The van der Waals surface area contributed by atoms with Crippen LogP contribution in [0, 0.1) is 0 Å². The van der Waals surface area contributed by atoms with E-state index in [1.54, 1.807) is 0 Å². The van der Waals surface area contributed by atoms with E-state index in [1.807, 2.05) is 0 Å². The van der Waals surface area contributed by atoms with E-state index < -0.39 is 0 Å². The monoisotopic (exact) mass is 1500 g/mol. The van der Waals surface area contributed by atoms with Crippen molar-refractivity contribution in [2.75, 3.05) is 63.3 Å². The fourth-order valence-corrected chi connectivity index (χ4v) is 14.9. The minimum Gasteiger partial charge on any atom is -0.493 e. The van der Waals surface area contributed by atoms with Gasteiger partial charge in [-0.25, -0.2) is 0 Å². The SMILES string of the molecule is CCCCCCOc1cc(OCCCCCC)cc(-c2cc(-c3cc(OCCCCCC)cc(OCCCCCC)c3)cc(-c3cc(B4Nc5cccc6cccc(c56)N4)cc(-c4cc(-c5cc(OCCCCCC)cc(OCCCCCC)c5)cc(-c5cc(OCCCCCC)cc(OCCCCCC)c5)c4)c3)c2)c1. The molecular weight excluding hydrogens is 1370 g/mol. The first kappa shape index (κ1) is 84.7. The van der Waals surface area contributed by atoms with Crippen LogP contribution in [-0.2, 0) is 0 Å². The number of rotatable bonds is 55. The molecule has 0 atom stereocenters. The van der Waals surface area contributed by atoms with Gasteiger partial charge in [0.25, 0.3) is 0 Å². The number of anilines is 2. The van der Waals surface area contributed by atoms with Crippen LogP contribution in [0.5, 0.6) is 46.0 Å². The molecule has 594 valence electrons. The average Bonchev–Trinajstić information content (AvgIpc) is 0.762. The quantitative estimate of drug-likeness (QED) is 0.0283. The number of ether oxygens (including phenoxy) is 8. The molecule has 0 radical (unpaired) electrons. The lowest BCUT2D eigenvalue weighted by Gasteiger charge is -2.27. The molecule has 9 aromatic carbocycles. The van der Waals surface area contributed by atoms with Gasteiger partial charge in [0.1, 0.15) is 46.0 Å². The first-order valence-corrected chi connectivity index (χ1v) is 43.8. The molecule has 0 unspecified atom stereocenters. The van der Waals surface area contributed by atoms with E-state index in [-0.39, 0.29) is 6.98 Å². The molecular formula is C100H133BN2O8. The molecule has 0 aliphatic carbocycles. The second-order valence-corrected chi connectivity index (χ2v) is 30.9. The molecule has 0 fully saturated rings. The van der Waals surface area contributed by atoms with Gasteiger partial charge >= 0.3 is 6.98 Å². The van der Waals surface area contributed by atoms with Crippen LogP contribution in [0.2, 0.25) is 0 Å². The molecule has 10 rings (SSSR count). The lowest BCUT2D eigenvalue weighted by molar-refractivity contribution is 0.290. The van der Waals surface area contributed by atoms with Gasteiger partial charge < -0.3 is 48.4 Å². The van der Waals surface area contributed by atoms with Crippen molar-refractivity contribution >= 4 is 34.6 Å². The van der Waals surface area contributed by atoms with Gasteiger partial charge in [0, 0.05) is 41.0 Å². The van der Waals surface area contributed by atoms with Crippen LogP contribution in [0.3, 0.4) is 0 Å². The molecule has 0 amide bonds. The molecule has 0 spiro atoms. The summed E-state index contributed by atoms with van der Waals surface area (Å²) in [5, 5.41) is 10.4. The Morgan fingerprint density at radius 2 is 0.396 bits per heavy atom. The lowest BCUT2D eigenvalue weighted by atomic mass is 9.65. The second-order valence-electron chi connectivity index (χ2n) is 30.9. The van der Waals surface area contributed by atoms with Crippen molar-refractivity contribution in [3.05, 3.63) is 164 Å². The Kier molecular flexibility index (Phi) is 36.4. The largest absolute Gasteiger partial charge is 0.493 e. The summed E-state index contributed by atoms with van der Waals surface area (Å²) in [6.45, 7) is 22.8. The molecule has 2 N–H and O–H groups in total. The zero-order valence-corrected chi connectivity index (χ0v) is 69.2. The van der Waals surface area contributed by atoms with Crippen molar-refractivity contribution in [2.24, 2.45) is 0 Å². The fourth-order valence-electron chi connectivity index (χ4n) is 14.9. The first-order valence-electron chi connectivity index (χ1n) is 43.8. The molecule has 111 heavy (non-hydrogen) atoms. The van der Waals surface area contributed by atoms with Crippen molar-refractivity contribution in [1.29, 1.82) is 0 Å². The molecule has 0 aromatic heterocycles. The standard InChI is InChI=1S/C100H133BN2O8/c1-9-17-25-33-47-104-90-64-85(65-91(72-90)105-48-34-26-18-10-2)79-55-77(56-80(59-79)86-66-92(106-49-35-27-19-11-3)73-93(67-86)107-50-36-28-20-12-4)83-61-84(63-89(62-83)101-102-98-45-41-43-76-44-42-46-99(103-101)100(76)98)78-57-81(87-68-94(108-51-37-29-21-13-5)74-95(69-87)109-52-38-30-22-14-6)60-82(58-78)88-70-96(110-53-39-31-23-15-7)75-97(71-88)111-54-40-32-24-16-8/h41-46,55-75,102-103H,9-40,47-54H2,1-8H3. The molecule has 0 saturated carbocycles. The van der Waals surface area contributed by atoms with Crippen LogP contribution in [0.25, 0.3) is 77.5 Å². The number of unbranched alkanes of at least 4 members (excludes halogenated alkanes) is 24. The number of hydrogen-bond acceptors (Lipinski definition) is 10. The molecule has 10 nitrogen and oxygen atoms in total. The van der Waals surface area contributed by atoms with Crippen LogP contribution in [0.15, 0.2) is 164 Å². The molecule has 0 bridgehead atoms. The second kappa shape index (κ2) is 47.6. The predicted molar refractivity (Wildman–Crippen MR) is 473 cm³/mol. The number of benzene rings is 9. The van der Waals surface area contributed by atoms with E-state index in [1.165, 1.54) is 114 Å². The highest BCUT2D eigenvalue weighted by atomic mass is 16.5. The Morgan fingerprint density at radius 1 is 0.207 bits per heavy atom. The van der Waals surface area contributed by atoms with Crippen LogP contribution in [0.1, 0.15) is 261 Å². The van der Waals surface area contributed by atoms with Crippen LogP contribution < -0.4 is 53.8 Å². The number of nitrogens with one attached hydrogen (secondary N) is 2. The van der Waals surface area contributed by atoms with Crippen molar-refractivity contribution < 1.29 is 37.9 Å². The summed E-state index contributed by atoms with van der Waals surface area (Å²) in [4.78, 5) is 0. The van der Waals surface area contributed by atoms with E-state index >= 15 is 0 Å². The highest BCUT2D eigenvalue weighted by molar-refractivity contribution is 6.80. The van der Waals surface area contributed by atoms with Crippen molar-refractivity contribution in [3.63, 3.8) is 0 Å². The zero-order valence-electron chi connectivity index (χ0n) is 69.2. The molecule has 1 aliphatic rings. The van der Waals surface area contributed by atoms with Gasteiger partial charge in [-0.3, -0.25) is 0 Å². The van der Waals surface area contributed by atoms with Gasteiger partial charge in [0.15, 0.2) is 0 Å². The minimum atomic E-state index is -0.313. The van der Waals surface area contributed by atoms with E-state index in [0.717, 1.165) is 232 Å². The van der Waals surface area contributed by atoms with E-state index in [0.29, 0.717) is 52.9 Å². The highest BCUT2D eigenvalue weighted by Crippen LogP contribution is 2.44. The van der Waals surface area contributed by atoms with Gasteiger partial charge in [-0.15, -0.1) is 0 Å². The van der Waals surface area contributed by atoms with Gasteiger partial charge in [0.2, 0.25) is 0 Å². The van der Waals surface area contributed by atoms with Crippen LogP contribution in [0.4, 0.5) is 11.4 Å². The maximum absolute atomic E-state index is 6.75. The Bertz CT molecular complexity index is 3650. The van der Waals surface area contributed by atoms with Crippen molar-refractivity contribution in [2.45, 2.75) is 261 Å². The smallest absolute Gasteiger partial charge is 0.406 e. The van der Waals surface area contributed by atoms with Crippen LogP contribution >= 0.6 is 0 Å². The molecule has 0 saturated heterocycles. The zero-order chi connectivity index (χ0) is 77.5. The average molecular weight is 1500 g/mol. The van der Waals surface area contributed by atoms with Crippen molar-refractivity contribution in [1.82, 2.24) is 0 Å². The summed E-state index contributed by atoms with van der Waals surface area (Å²) in [7, 11) is 0. The first-order chi connectivity index (χ1) is 54.7.